The molecule has 11 heavy (non-hydrogen) atoms. The Bertz CT molecular complexity index is 142. The second kappa shape index (κ2) is 4.44. The zero-order valence-electron chi connectivity index (χ0n) is 7.34. The first kappa shape index (κ1) is 8.65. The molecule has 1 saturated heterocycles. The summed E-state index contributed by atoms with van der Waals surface area (Å²) in [6.07, 6.45) is 7.58. The van der Waals surface area contributed by atoms with Gasteiger partial charge in [-0.25, -0.2) is 5.26 Å². The van der Waals surface area contributed by atoms with Crippen molar-refractivity contribution in [2.24, 2.45) is 5.92 Å². The van der Waals surface area contributed by atoms with Gasteiger partial charge in [0, 0.05) is 5.97 Å². The van der Waals surface area contributed by atoms with E-state index in [1.54, 1.807) is 0 Å². The SMILES string of the molecule is CCCC1CCB(C#N)CC1. The second-order valence-electron chi connectivity index (χ2n) is 3.64. The van der Waals surface area contributed by atoms with Crippen LogP contribution in [0.15, 0.2) is 0 Å². The molecule has 0 saturated carbocycles. The standard InChI is InChI=1S/C9H16BN/c1-2-3-9-4-6-10(8-11)7-5-9/h9H,2-7H2,1H3. The van der Waals surface area contributed by atoms with Gasteiger partial charge in [0.05, 0.1) is 0 Å². The first-order valence-electron chi connectivity index (χ1n) is 4.76. The molecule has 0 aromatic carbocycles. The molecule has 0 amide bonds. The van der Waals surface area contributed by atoms with E-state index in [1.807, 2.05) is 0 Å². The van der Waals surface area contributed by atoms with Gasteiger partial charge in [-0.2, -0.15) is 0 Å². The number of nitriles is 1. The van der Waals surface area contributed by atoms with Crippen molar-refractivity contribution in [2.75, 3.05) is 0 Å². The van der Waals surface area contributed by atoms with Crippen LogP contribution in [-0.4, -0.2) is 6.71 Å². The summed E-state index contributed by atoms with van der Waals surface area (Å²) in [5.41, 5.74) is 0. The molecule has 0 aromatic rings. The van der Waals surface area contributed by atoms with Crippen LogP contribution in [0.4, 0.5) is 0 Å². The Labute approximate surface area is 69.9 Å². The zero-order valence-corrected chi connectivity index (χ0v) is 7.34. The van der Waals surface area contributed by atoms with Crippen LogP contribution in [0.3, 0.4) is 0 Å². The van der Waals surface area contributed by atoms with Gasteiger partial charge >= 0.3 is 0 Å². The highest BCUT2D eigenvalue weighted by molar-refractivity contribution is 6.67. The molecule has 1 aliphatic rings. The van der Waals surface area contributed by atoms with Crippen molar-refractivity contribution in [2.45, 2.75) is 45.2 Å². The molecule has 1 nitrogen and oxygen atoms in total. The van der Waals surface area contributed by atoms with Crippen molar-refractivity contribution in [3.8, 4) is 5.97 Å². The monoisotopic (exact) mass is 149 g/mol. The van der Waals surface area contributed by atoms with E-state index < -0.39 is 0 Å². The van der Waals surface area contributed by atoms with Gasteiger partial charge in [0.15, 0.2) is 0 Å². The summed E-state index contributed by atoms with van der Waals surface area (Å²) in [7, 11) is 0. The molecule has 0 aliphatic carbocycles. The third kappa shape index (κ3) is 2.57. The third-order valence-corrected chi connectivity index (χ3v) is 2.73. The topological polar surface area (TPSA) is 23.8 Å². The summed E-state index contributed by atoms with van der Waals surface area (Å²) in [6.45, 7) is 2.62. The summed E-state index contributed by atoms with van der Waals surface area (Å²) in [4.78, 5) is 0. The Kier molecular flexibility index (Phi) is 3.49. The van der Waals surface area contributed by atoms with Crippen molar-refractivity contribution < 1.29 is 0 Å². The van der Waals surface area contributed by atoms with Crippen LogP contribution in [0, 0.1) is 17.1 Å². The molecule has 1 heterocycles. The van der Waals surface area contributed by atoms with Crippen molar-refractivity contribution in [1.29, 1.82) is 5.26 Å². The van der Waals surface area contributed by atoms with Crippen LogP contribution in [0.1, 0.15) is 32.6 Å². The van der Waals surface area contributed by atoms with E-state index in [0.717, 1.165) is 18.6 Å². The normalized spacial score (nSPS) is 19.8. The fourth-order valence-corrected chi connectivity index (χ4v) is 1.99. The molecule has 2 heteroatoms. The summed E-state index contributed by atoms with van der Waals surface area (Å²) in [5.74, 6) is 3.30. The number of rotatable bonds is 2. The van der Waals surface area contributed by atoms with Crippen LogP contribution in [-0.2, 0) is 0 Å². The highest BCUT2D eigenvalue weighted by Crippen LogP contribution is 2.27. The molecule has 60 valence electrons. The lowest BCUT2D eigenvalue weighted by atomic mass is 9.41. The lowest BCUT2D eigenvalue weighted by Gasteiger charge is -2.22. The number of hydrogen-bond donors (Lipinski definition) is 0. The molecule has 0 aromatic heterocycles. The molecule has 0 N–H and O–H groups in total. The van der Waals surface area contributed by atoms with Crippen LogP contribution in [0.2, 0.25) is 12.6 Å². The molecule has 0 spiro atoms. The van der Waals surface area contributed by atoms with Gasteiger partial charge in [-0.05, 0) is 5.92 Å². The van der Waals surface area contributed by atoms with Crippen LogP contribution in [0.25, 0.3) is 0 Å². The van der Waals surface area contributed by atoms with Crippen molar-refractivity contribution >= 4 is 6.71 Å². The quantitative estimate of drug-likeness (QED) is 0.553. The Morgan fingerprint density at radius 2 is 2.09 bits per heavy atom. The summed E-state index contributed by atoms with van der Waals surface area (Å²) in [5, 5.41) is 8.66. The molecule has 1 rings (SSSR count). The fourth-order valence-electron chi connectivity index (χ4n) is 1.99. The van der Waals surface area contributed by atoms with Gasteiger partial charge in [0.25, 0.3) is 6.71 Å². The summed E-state index contributed by atoms with van der Waals surface area (Å²) in [6, 6.07) is 0. The molecule has 1 aliphatic heterocycles. The minimum Gasteiger partial charge on any atom is -0.213 e. The zero-order chi connectivity index (χ0) is 8.10. The molecular formula is C9H16BN. The van der Waals surface area contributed by atoms with Crippen LogP contribution >= 0.6 is 0 Å². The van der Waals surface area contributed by atoms with Gasteiger partial charge in [-0.3, -0.25) is 0 Å². The first-order valence-corrected chi connectivity index (χ1v) is 4.76. The number of hydrogen-bond acceptors (Lipinski definition) is 1. The maximum absolute atomic E-state index is 8.66. The van der Waals surface area contributed by atoms with E-state index in [-0.39, 0.29) is 0 Å². The molecule has 0 bridgehead atoms. The van der Waals surface area contributed by atoms with Gasteiger partial charge < -0.3 is 0 Å². The van der Waals surface area contributed by atoms with E-state index in [2.05, 4.69) is 12.9 Å². The predicted molar refractivity (Wildman–Crippen MR) is 48.6 cm³/mol. The lowest BCUT2D eigenvalue weighted by molar-refractivity contribution is 0.434. The minimum atomic E-state index is 0.378. The highest BCUT2D eigenvalue weighted by Gasteiger charge is 2.23. The van der Waals surface area contributed by atoms with E-state index in [4.69, 9.17) is 5.26 Å². The maximum atomic E-state index is 8.66. The minimum absolute atomic E-state index is 0.378. The van der Waals surface area contributed by atoms with Crippen molar-refractivity contribution in [3.63, 3.8) is 0 Å². The first-order chi connectivity index (χ1) is 5.36. The van der Waals surface area contributed by atoms with Gasteiger partial charge in [-0.1, -0.05) is 45.2 Å². The van der Waals surface area contributed by atoms with Gasteiger partial charge in [0.2, 0.25) is 0 Å². The smallest absolute Gasteiger partial charge is 0.213 e. The Balaban J connectivity index is 2.20. The summed E-state index contributed by atoms with van der Waals surface area (Å²) < 4.78 is 0. The summed E-state index contributed by atoms with van der Waals surface area (Å²) >= 11 is 0. The second-order valence-corrected chi connectivity index (χ2v) is 3.64. The van der Waals surface area contributed by atoms with Gasteiger partial charge in [-0.15, -0.1) is 0 Å². The van der Waals surface area contributed by atoms with Crippen LogP contribution < -0.4 is 0 Å². The van der Waals surface area contributed by atoms with Crippen molar-refractivity contribution in [3.05, 3.63) is 0 Å². The Morgan fingerprint density at radius 1 is 1.45 bits per heavy atom. The molecule has 0 radical (unpaired) electrons. The third-order valence-electron chi connectivity index (χ3n) is 2.73. The molecular weight excluding hydrogens is 133 g/mol. The average molecular weight is 149 g/mol. The van der Waals surface area contributed by atoms with Crippen LogP contribution in [0.5, 0.6) is 0 Å². The van der Waals surface area contributed by atoms with E-state index in [1.165, 1.54) is 25.7 Å². The van der Waals surface area contributed by atoms with Gasteiger partial charge in [0.1, 0.15) is 0 Å². The highest BCUT2D eigenvalue weighted by atomic mass is 14.2. The molecule has 1 fully saturated rings. The molecule has 0 atom stereocenters. The maximum Gasteiger partial charge on any atom is 0.267 e. The van der Waals surface area contributed by atoms with E-state index >= 15 is 0 Å². The largest absolute Gasteiger partial charge is 0.267 e. The predicted octanol–water partition coefficient (Wildman–Crippen LogP) is 2.75. The van der Waals surface area contributed by atoms with Crippen molar-refractivity contribution in [1.82, 2.24) is 0 Å². The van der Waals surface area contributed by atoms with E-state index in [9.17, 15) is 0 Å². The van der Waals surface area contributed by atoms with E-state index in [0.29, 0.717) is 6.71 Å². The molecule has 0 unspecified atom stereocenters. The number of nitrogens with zero attached hydrogens (tertiary/aromatic N) is 1. The Hall–Kier alpha value is -0.445. The Morgan fingerprint density at radius 3 is 2.55 bits per heavy atom. The lowest BCUT2D eigenvalue weighted by Crippen LogP contribution is -2.19. The fraction of sp³-hybridized carbons (Fsp3) is 0.889. The average Bonchev–Trinajstić information content (AvgIpc) is 2.07.